The molecule has 7 heteroatoms. The van der Waals surface area contributed by atoms with Crippen molar-refractivity contribution in [3.8, 4) is 11.1 Å². The summed E-state index contributed by atoms with van der Waals surface area (Å²) in [5.74, 6) is -1.02. The summed E-state index contributed by atoms with van der Waals surface area (Å²) in [5, 5.41) is 12.1. The van der Waals surface area contributed by atoms with Crippen LogP contribution in [0.4, 0.5) is 4.79 Å². The van der Waals surface area contributed by atoms with Gasteiger partial charge in [-0.25, -0.2) is 9.59 Å². The molecule has 2 aromatic carbocycles. The van der Waals surface area contributed by atoms with Crippen molar-refractivity contribution in [3.05, 3.63) is 71.3 Å². The first-order valence-electron chi connectivity index (χ1n) is 12.3. The molecule has 5 rings (SSSR count). The second-order valence-corrected chi connectivity index (χ2v) is 9.60. The quantitative estimate of drug-likeness (QED) is 0.673. The number of fused-ring (bicyclic) bond motifs is 3. The van der Waals surface area contributed by atoms with Crippen molar-refractivity contribution >= 4 is 18.0 Å². The second kappa shape index (κ2) is 9.94. The highest BCUT2D eigenvalue weighted by Gasteiger charge is 2.33. The highest BCUT2D eigenvalue weighted by molar-refractivity contribution is 5.87. The molecule has 0 saturated heterocycles. The summed E-state index contributed by atoms with van der Waals surface area (Å²) in [6.07, 6.45) is 4.58. The number of alkyl carbamates (subject to hydrolysis) is 1. The summed E-state index contributed by atoms with van der Waals surface area (Å²) in [6.45, 7) is 1.03. The van der Waals surface area contributed by atoms with Crippen LogP contribution in [0, 0.1) is 5.92 Å². The number of hydrogen-bond donors (Lipinski definition) is 2. The number of hydrogen-bond acceptors (Lipinski definition) is 4. The summed E-state index contributed by atoms with van der Waals surface area (Å²) >= 11 is 0. The molecular formula is C28H30N2O5. The third-order valence-electron chi connectivity index (χ3n) is 7.48. The number of nitrogens with one attached hydrogen (secondary N) is 1. The first-order chi connectivity index (χ1) is 17.0. The Labute approximate surface area is 204 Å². The van der Waals surface area contributed by atoms with Crippen LogP contribution in [0.15, 0.2) is 60.2 Å². The first-order valence-corrected chi connectivity index (χ1v) is 12.3. The minimum atomic E-state index is -0.915. The number of rotatable bonds is 5. The van der Waals surface area contributed by atoms with E-state index < -0.39 is 12.1 Å². The normalized spacial score (nSPS) is 21.5. The molecule has 2 aliphatic carbocycles. The molecule has 0 radical (unpaired) electrons. The van der Waals surface area contributed by atoms with Crippen LogP contribution in [0.1, 0.15) is 49.1 Å². The molecule has 0 aromatic heterocycles. The lowest BCUT2D eigenvalue weighted by Gasteiger charge is -2.34. The van der Waals surface area contributed by atoms with Gasteiger partial charge in [0.05, 0.1) is 0 Å². The summed E-state index contributed by atoms with van der Waals surface area (Å²) < 4.78 is 5.68. The minimum Gasteiger partial charge on any atom is -0.478 e. The van der Waals surface area contributed by atoms with Crippen LogP contribution in [0.5, 0.6) is 0 Å². The van der Waals surface area contributed by atoms with E-state index in [1.807, 2.05) is 24.3 Å². The third-order valence-corrected chi connectivity index (χ3v) is 7.48. The number of benzene rings is 2. The van der Waals surface area contributed by atoms with Crippen LogP contribution in [0.2, 0.25) is 0 Å². The molecule has 2 N–H and O–H groups in total. The van der Waals surface area contributed by atoms with Crippen molar-refractivity contribution in [2.24, 2.45) is 5.92 Å². The van der Waals surface area contributed by atoms with Crippen LogP contribution in [0.3, 0.4) is 0 Å². The number of amides is 2. The molecule has 1 aliphatic heterocycles. The van der Waals surface area contributed by atoms with Crippen LogP contribution >= 0.6 is 0 Å². The third kappa shape index (κ3) is 4.81. The Balaban J connectivity index is 1.15. The van der Waals surface area contributed by atoms with Gasteiger partial charge in [-0.15, -0.1) is 0 Å². The van der Waals surface area contributed by atoms with Gasteiger partial charge < -0.3 is 20.1 Å². The number of carboxylic acids is 1. The van der Waals surface area contributed by atoms with Gasteiger partial charge in [-0.05, 0) is 47.9 Å². The molecule has 2 aromatic rings. The summed E-state index contributed by atoms with van der Waals surface area (Å²) in [7, 11) is 0. The molecule has 182 valence electrons. The number of carboxylic acid groups (broad SMARTS) is 1. The van der Waals surface area contributed by atoms with Crippen LogP contribution in [0.25, 0.3) is 11.1 Å². The standard InChI is InChI=1S/C28H30N2O5/c31-26(30-14-12-18(13-15-30)27(32)33)19-6-5-7-20(16-19)29-28(34)35-17-25-23-10-3-1-8-21(23)22-9-2-4-11-24(22)25/h1-4,8-12,19-20,25H,5-7,13-17H2,(H,29,34)(H,32,33). The topological polar surface area (TPSA) is 95.9 Å². The Morgan fingerprint density at radius 1 is 1.00 bits per heavy atom. The molecule has 2 unspecified atom stereocenters. The Bertz CT molecular complexity index is 1130. The van der Waals surface area contributed by atoms with Gasteiger partial charge in [0, 0.05) is 36.5 Å². The van der Waals surface area contributed by atoms with Gasteiger partial charge >= 0.3 is 12.1 Å². The zero-order valence-electron chi connectivity index (χ0n) is 19.6. The average molecular weight is 475 g/mol. The highest BCUT2D eigenvalue weighted by Crippen LogP contribution is 2.44. The smallest absolute Gasteiger partial charge is 0.407 e. The number of carbonyl (C=O) groups is 3. The monoisotopic (exact) mass is 474 g/mol. The molecule has 0 spiro atoms. The van der Waals surface area contributed by atoms with E-state index >= 15 is 0 Å². The number of nitrogens with zero attached hydrogens (tertiary/aromatic N) is 1. The van der Waals surface area contributed by atoms with E-state index in [9.17, 15) is 14.4 Å². The van der Waals surface area contributed by atoms with Gasteiger partial charge in [-0.3, -0.25) is 4.79 Å². The fourth-order valence-electron chi connectivity index (χ4n) is 5.67. The van der Waals surface area contributed by atoms with Crippen molar-refractivity contribution in [2.75, 3.05) is 19.7 Å². The lowest BCUT2D eigenvalue weighted by molar-refractivity contribution is -0.138. The van der Waals surface area contributed by atoms with Gasteiger partial charge in [0.1, 0.15) is 6.61 Å². The Hall–Kier alpha value is -3.61. The van der Waals surface area contributed by atoms with Crippen molar-refractivity contribution in [2.45, 2.75) is 44.1 Å². The Morgan fingerprint density at radius 3 is 2.31 bits per heavy atom. The predicted octanol–water partition coefficient (Wildman–Crippen LogP) is 4.33. The van der Waals surface area contributed by atoms with Crippen molar-refractivity contribution in [1.82, 2.24) is 10.2 Å². The second-order valence-electron chi connectivity index (χ2n) is 9.60. The molecule has 1 fully saturated rings. The zero-order valence-corrected chi connectivity index (χ0v) is 19.6. The number of ether oxygens (including phenoxy) is 1. The molecule has 0 bridgehead atoms. The van der Waals surface area contributed by atoms with Crippen molar-refractivity contribution < 1.29 is 24.2 Å². The lowest BCUT2D eigenvalue weighted by Crippen LogP contribution is -2.45. The zero-order chi connectivity index (χ0) is 24.4. The first kappa shape index (κ1) is 23.1. The van der Waals surface area contributed by atoms with Gasteiger partial charge in [0.2, 0.25) is 5.91 Å². The molecule has 35 heavy (non-hydrogen) atoms. The van der Waals surface area contributed by atoms with Gasteiger partial charge in [-0.1, -0.05) is 61.0 Å². The minimum absolute atomic E-state index is 0.0108. The number of carbonyl (C=O) groups excluding carboxylic acids is 2. The molecule has 2 atom stereocenters. The molecule has 1 heterocycles. The van der Waals surface area contributed by atoms with E-state index in [0.717, 1.165) is 19.3 Å². The number of aliphatic carboxylic acids is 1. The Morgan fingerprint density at radius 2 is 1.69 bits per heavy atom. The van der Waals surface area contributed by atoms with E-state index in [-0.39, 0.29) is 30.4 Å². The Kier molecular flexibility index (Phi) is 6.57. The summed E-state index contributed by atoms with van der Waals surface area (Å²) in [6, 6.07) is 16.4. The summed E-state index contributed by atoms with van der Waals surface area (Å²) in [5.41, 5.74) is 5.09. The SMILES string of the molecule is O=C(NC1CCCC(C(=O)N2CC=C(C(=O)O)CC2)C1)OCC1c2ccccc2-c2ccccc21. The summed E-state index contributed by atoms with van der Waals surface area (Å²) in [4.78, 5) is 38.5. The average Bonchev–Trinajstić information content (AvgIpc) is 3.21. The van der Waals surface area contributed by atoms with Gasteiger partial charge in [-0.2, -0.15) is 0 Å². The fraction of sp³-hybridized carbons (Fsp3) is 0.393. The molecule has 2 amide bonds. The molecule has 7 nitrogen and oxygen atoms in total. The van der Waals surface area contributed by atoms with Gasteiger partial charge in [0.15, 0.2) is 0 Å². The maximum absolute atomic E-state index is 13.0. The van der Waals surface area contributed by atoms with Crippen molar-refractivity contribution in [1.29, 1.82) is 0 Å². The fourth-order valence-corrected chi connectivity index (χ4v) is 5.67. The maximum Gasteiger partial charge on any atom is 0.407 e. The van der Waals surface area contributed by atoms with Crippen LogP contribution in [-0.2, 0) is 14.3 Å². The van der Waals surface area contributed by atoms with E-state index in [4.69, 9.17) is 9.84 Å². The molecular weight excluding hydrogens is 444 g/mol. The van der Waals surface area contributed by atoms with Crippen LogP contribution in [-0.4, -0.2) is 53.7 Å². The molecule has 3 aliphatic rings. The van der Waals surface area contributed by atoms with Crippen molar-refractivity contribution in [3.63, 3.8) is 0 Å². The van der Waals surface area contributed by atoms with Gasteiger partial charge in [0.25, 0.3) is 0 Å². The maximum atomic E-state index is 13.0. The largest absolute Gasteiger partial charge is 0.478 e. The lowest BCUT2D eigenvalue weighted by atomic mass is 9.84. The molecule has 1 saturated carbocycles. The van der Waals surface area contributed by atoms with E-state index in [0.29, 0.717) is 31.5 Å². The predicted molar refractivity (Wildman–Crippen MR) is 131 cm³/mol. The van der Waals surface area contributed by atoms with E-state index in [2.05, 4.69) is 29.6 Å². The highest BCUT2D eigenvalue weighted by atomic mass is 16.5. The van der Waals surface area contributed by atoms with Crippen LogP contribution < -0.4 is 5.32 Å². The van der Waals surface area contributed by atoms with E-state index in [1.54, 1.807) is 11.0 Å². The van der Waals surface area contributed by atoms with E-state index in [1.165, 1.54) is 22.3 Å².